The van der Waals surface area contributed by atoms with Gasteiger partial charge in [-0.25, -0.2) is 0 Å². The average Bonchev–Trinajstić information content (AvgIpc) is 2.64. The predicted molar refractivity (Wildman–Crippen MR) is 102 cm³/mol. The molecule has 0 aliphatic carbocycles. The number of amides is 1. The maximum atomic E-state index is 13.3. The Morgan fingerprint density at radius 3 is 1.80 bits per heavy atom. The van der Waals surface area contributed by atoms with Crippen molar-refractivity contribution in [1.82, 2.24) is 4.90 Å². The molecule has 0 unspecified atom stereocenters. The number of aryl methyl sites for hydroxylation is 2. The number of benzene rings is 3. The van der Waals surface area contributed by atoms with Gasteiger partial charge in [0.2, 0.25) is 0 Å². The smallest absolute Gasteiger partial charge is 0.254 e. The Morgan fingerprint density at radius 2 is 1.28 bits per heavy atom. The van der Waals surface area contributed by atoms with Crippen LogP contribution in [0.25, 0.3) is 0 Å². The van der Waals surface area contributed by atoms with E-state index in [9.17, 15) is 4.79 Å². The molecule has 0 aromatic heterocycles. The van der Waals surface area contributed by atoms with E-state index in [0.717, 1.165) is 27.8 Å². The molecule has 0 saturated heterocycles. The van der Waals surface area contributed by atoms with E-state index in [1.54, 1.807) is 0 Å². The zero-order chi connectivity index (χ0) is 17.6. The molecule has 0 heterocycles. The number of hydrogen-bond donors (Lipinski definition) is 0. The van der Waals surface area contributed by atoms with Gasteiger partial charge < -0.3 is 4.90 Å². The van der Waals surface area contributed by atoms with Gasteiger partial charge in [0.05, 0.1) is 0 Å². The zero-order valence-electron chi connectivity index (χ0n) is 14.8. The van der Waals surface area contributed by atoms with E-state index >= 15 is 0 Å². The second-order valence-electron chi connectivity index (χ2n) is 6.45. The summed E-state index contributed by atoms with van der Waals surface area (Å²) in [6.45, 7) is 5.22. The van der Waals surface area contributed by atoms with Gasteiger partial charge in [-0.3, -0.25) is 4.79 Å². The van der Waals surface area contributed by atoms with Crippen LogP contribution >= 0.6 is 0 Å². The third kappa shape index (κ3) is 4.36. The minimum absolute atomic E-state index is 0.0777. The summed E-state index contributed by atoms with van der Waals surface area (Å²) in [6.07, 6.45) is 0. The second kappa shape index (κ2) is 7.80. The molecular weight excluding hydrogens is 306 g/mol. The SMILES string of the molecule is Cc1ccc(C)c(C(=O)N(Cc2ccccc2)Cc2ccccc2)c1. The fourth-order valence-corrected chi connectivity index (χ4v) is 2.94. The van der Waals surface area contributed by atoms with Crippen molar-refractivity contribution in [3.05, 3.63) is 107 Å². The first-order valence-electron chi connectivity index (χ1n) is 8.58. The van der Waals surface area contributed by atoms with Gasteiger partial charge in [-0.05, 0) is 36.6 Å². The Kier molecular flexibility index (Phi) is 5.30. The number of hydrogen-bond acceptors (Lipinski definition) is 1. The van der Waals surface area contributed by atoms with Crippen LogP contribution < -0.4 is 0 Å². The van der Waals surface area contributed by atoms with Gasteiger partial charge in [0.1, 0.15) is 0 Å². The molecule has 0 saturated carbocycles. The van der Waals surface area contributed by atoms with Gasteiger partial charge in [-0.15, -0.1) is 0 Å². The summed E-state index contributed by atoms with van der Waals surface area (Å²) in [7, 11) is 0. The summed E-state index contributed by atoms with van der Waals surface area (Å²) in [5, 5.41) is 0. The van der Waals surface area contributed by atoms with Crippen molar-refractivity contribution >= 4 is 5.91 Å². The number of rotatable bonds is 5. The molecule has 0 aliphatic rings. The molecule has 2 heteroatoms. The van der Waals surface area contributed by atoms with Gasteiger partial charge in [-0.1, -0.05) is 78.4 Å². The van der Waals surface area contributed by atoms with Crippen molar-refractivity contribution in [2.45, 2.75) is 26.9 Å². The van der Waals surface area contributed by atoms with Crippen LogP contribution in [0.15, 0.2) is 78.9 Å². The Labute approximate surface area is 149 Å². The Bertz CT molecular complexity index is 799. The van der Waals surface area contributed by atoms with Gasteiger partial charge in [0, 0.05) is 18.7 Å². The van der Waals surface area contributed by atoms with Crippen molar-refractivity contribution in [3.8, 4) is 0 Å². The number of nitrogens with zero attached hydrogens (tertiary/aromatic N) is 1. The van der Waals surface area contributed by atoms with Crippen LogP contribution in [0.3, 0.4) is 0 Å². The molecule has 0 radical (unpaired) electrons. The molecule has 3 aromatic carbocycles. The molecule has 0 atom stereocenters. The van der Waals surface area contributed by atoms with Gasteiger partial charge in [-0.2, -0.15) is 0 Å². The molecule has 1 amide bonds. The maximum Gasteiger partial charge on any atom is 0.254 e. The summed E-state index contributed by atoms with van der Waals surface area (Å²) < 4.78 is 0. The summed E-state index contributed by atoms with van der Waals surface area (Å²) in [4.78, 5) is 15.2. The third-order valence-electron chi connectivity index (χ3n) is 4.34. The predicted octanol–water partition coefficient (Wildman–Crippen LogP) is 5.15. The maximum absolute atomic E-state index is 13.3. The minimum atomic E-state index is 0.0777. The molecule has 3 aromatic rings. The highest BCUT2D eigenvalue weighted by molar-refractivity contribution is 5.95. The first kappa shape index (κ1) is 17.0. The van der Waals surface area contributed by atoms with E-state index in [4.69, 9.17) is 0 Å². The van der Waals surface area contributed by atoms with E-state index in [1.807, 2.05) is 73.3 Å². The molecule has 0 aliphatic heterocycles. The normalized spacial score (nSPS) is 10.5. The zero-order valence-corrected chi connectivity index (χ0v) is 14.8. The fourth-order valence-electron chi connectivity index (χ4n) is 2.94. The molecular formula is C23H23NO. The second-order valence-corrected chi connectivity index (χ2v) is 6.45. The third-order valence-corrected chi connectivity index (χ3v) is 4.34. The van der Waals surface area contributed by atoms with Crippen LogP contribution in [0, 0.1) is 13.8 Å². The van der Waals surface area contributed by atoms with Crippen molar-refractivity contribution in [1.29, 1.82) is 0 Å². The van der Waals surface area contributed by atoms with E-state index < -0.39 is 0 Å². The van der Waals surface area contributed by atoms with Crippen LogP contribution in [0.4, 0.5) is 0 Å². The monoisotopic (exact) mass is 329 g/mol. The van der Waals surface area contributed by atoms with Crippen LogP contribution in [0.1, 0.15) is 32.6 Å². The fraction of sp³-hybridized carbons (Fsp3) is 0.174. The lowest BCUT2D eigenvalue weighted by molar-refractivity contribution is 0.0729. The molecule has 3 rings (SSSR count). The average molecular weight is 329 g/mol. The largest absolute Gasteiger partial charge is 0.330 e. The van der Waals surface area contributed by atoms with Crippen LogP contribution in [0.2, 0.25) is 0 Å². The Morgan fingerprint density at radius 1 is 0.760 bits per heavy atom. The highest BCUT2D eigenvalue weighted by atomic mass is 16.2. The standard InChI is InChI=1S/C23H23NO/c1-18-13-14-19(2)22(15-18)23(25)24(16-20-9-5-3-6-10-20)17-21-11-7-4-8-12-21/h3-15H,16-17H2,1-2H3. The van der Waals surface area contributed by atoms with E-state index in [0.29, 0.717) is 13.1 Å². The molecule has 25 heavy (non-hydrogen) atoms. The minimum Gasteiger partial charge on any atom is -0.330 e. The number of carbonyl (C=O) groups is 1. The summed E-state index contributed by atoms with van der Waals surface area (Å²) in [5.74, 6) is 0.0777. The molecule has 126 valence electrons. The van der Waals surface area contributed by atoms with Crippen molar-refractivity contribution in [2.24, 2.45) is 0 Å². The van der Waals surface area contributed by atoms with Crippen molar-refractivity contribution in [2.75, 3.05) is 0 Å². The first-order chi connectivity index (χ1) is 12.1. The highest BCUT2D eigenvalue weighted by Crippen LogP contribution is 2.18. The Balaban J connectivity index is 1.92. The molecule has 2 nitrogen and oxygen atoms in total. The van der Waals surface area contributed by atoms with E-state index in [1.165, 1.54) is 0 Å². The molecule has 0 N–H and O–H groups in total. The van der Waals surface area contributed by atoms with Crippen LogP contribution in [-0.2, 0) is 13.1 Å². The lowest BCUT2D eigenvalue weighted by atomic mass is 10.0. The quantitative estimate of drug-likeness (QED) is 0.634. The molecule has 0 bridgehead atoms. The van der Waals surface area contributed by atoms with Crippen LogP contribution in [-0.4, -0.2) is 10.8 Å². The summed E-state index contributed by atoms with van der Waals surface area (Å²) >= 11 is 0. The van der Waals surface area contributed by atoms with Crippen molar-refractivity contribution in [3.63, 3.8) is 0 Å². The molecule has 0 spiro atoms. The van der Waals surface area contributed by atoms with E-state index in [-0.39, 0.29) is 5.91 Å². The van der Waals surface area contributed by atoms with Crippen LogP contribution in [0.5, 0.6) is 0 Å². The molecule has 0 fully saturated rings. The lowest BCUT2D eigenvalue weighted by Gasteiger charge is -2.24. The van der Waals surface area contributed by atoms with Gasteiger partial charge in [0.25, 0.3) is 5.91 Å². The highest BCUT2D eigenvalue weighted by Gasteiger charge is 2.18. The topological polar surface area (TPSA) is 20.3 Å². The van der Waals surface area contributed by atoms with Gasteiger partial charge >= 0.3 is 0 Å². The summed E-state index contributed by atoms with van der Waals surface area (Å²) in [6, 6.07) is 26.4. The first-order valence-corrected chi connectivity index (χ1v) is 8.58. The van der Waals surface area contributed by atoms with Gasteiger partial charge in [0.15, 0.2) is 0 Å². The summed E-state index contributed by atoms with van der Waals surface area (Å²) in [5.41, 5.74) is 5.18. The number of carbonyl (C=O) groups excluding carboxylic acids is 1. The van der Waals surface area contributed by atoms with E-state index in [2.05, 4.69) is 24.3 Å². The lowest BCUT2D eigenvalue weighted by Crippen LogP contribution is -2.30. The Hall–Kier alpha value is -2.87. The van der Waals surface area contributed by atoms with Crippen molar-refractivity contribution < 1.29 is 4.79 Å².